The Labute approximate surface area is 216 Å². The van der Waals surface area contributed by atoms with E-state index in [4.69, 9.17) is 11.5 Å². The van der Waals surface area contributed by atoms with Crippen LogP contribution in [0.5, 0.6) is 0 Å². The molecule has 0 aliphatic heterocycles. The molecule has 0 saturated carbocycles. The predicted octanol–water partition coefficient (Wildman–Crippen LogP) is 9.41. The van der Waals surface area contributed by atoms with Gasteiger partial charge in [-0.25, -0.2) is 0 Å². The van der Waals surface area contributed by atoms with Crippen LogP contribution in [-0.2, 0) is 24.7 Å². The third-order valence-corrected chi connectivity index (χ3v) is 5.96. The van der Waals surface area contributed by atoms with Gasteiger partial charge in [0, 0.05) is 22.5 Å². The van der Waals surface area contributed by atoms with Gasteiger partial charge in [0.15, 0.2) is 0 Å². The Balaban J connectivity index is 1.98. The van der Waals surface area contributed by atoms with Gasteiger partial charge in [0.1, 0.15) is 0 Å². The standard InChI is InChI=1S/C26H14F12N2/c27-23(28,29)17-7-15(39)8-18(24(30,31)32)21(17)13-3-1-11-5-14(4-2-12(11)6-13)22-19(25(33,34)35)9-16(40)10-20(22)26(36,37)38/h1-10H,39-40H2. The fraction of sp³-hybridized carbons (Fsp3) is 0.154. The molecule has 0 aliphatic rings. The fourth-order valence-corrected chi connectivity index (χ4v) is 4.40. The molecule has 4 N–H and O–H groups in total. The molecule has 14 heteroatoms. The van der Waals surface area contributed by atoms with Crippen LogP contribution in [0.4, 0.5) is 64.1 Å². The second-order valence-electron chi connectivity index (χ2n) is 8.75. The van der Waals surface area contributed by atoms with Crippen molar-refractivity contribution >= 4 is 22.1 Å². The number of hydrogen-bond acceptors (Lipinski definition) is 2. The van der Waals surface area contributed by atoms with E-state index in [9.17, 15) is 52.7 Å². The van der Waals surface area contributed by atoms with Gasteiger partial charge < -0.3 is 11.5 Å². The molecule has 4 aromatic carbocycles. The van der Waals surface area contributed by atoms with E-state index in [0.717, 1.165) is 36.4 Å². The van der Waals surface area contributed by atoms with Crippen LogP contribution in [0.1, 0.15) is 22.3 Å². The zero-order chi connectivity index (χ0) is 30.0. The molecule has 0 aromatic heterocycles. The summed E-state index contributed by atoms with van der Waals surface area (Å²) in [6, 6.07) is 6.81. The summed E-state index contributed by atoms with van der Waals surface area (Å²) >= 11 is 0. The van der Waals surface area contributed by atoms with E-state index in [1.165, 1.54) is 0 Å². The maximum atomic E-state index is 13.7. The predicted molar refractivity (Wildman–Crippen MR) is 124 cm³/mol. The van der Waals surface area contributed by atoms with Crippen LogP contribution < -0.4 is 11.5 Å². The highest BCUT2D eigenvalue weighted by atomic mass is 19.4. The van der Waals surface area contributed by atoms with Gasteiger partial charge in [-0.3, -0.25) is 0 Å². The van der Waals surface area contributed by atoms with E-state index in [-0.39, 0.29) is 10.8 Å². The van der Waals surface area contributed by atoms with Crippen LogP contribution in [0.25, 0.3) is 33.0 Å². The lowest BCUT2D eigenvalue weighted by Crippen LogP contribution is -2.15. The minimum Gasteiger partial charge on any atom is -0.399 e. The Morgan fingerprint density at radius 1 is 0.375 bits per heavy atom. The number of rotatable bonds is 2. The number of hydrogen-bond donors (Lipinski definition) is 2. The summed E-state index contributed by atoms with van der Waals surface area (Å²) in [5.41, 5.74) is -1.31. The molecule has 4 aromatic rings. The summed E-state index contributed by atoms with van der Waals surface area (Å²) < 4.78 is 165. The second kappa shape index (κ2) is 9.24. The van der Waals surface area contributed by atoms with Gasteiger partial charge in [-0.05, 0) is 58.3 Å². The van der Waals surface area contributed by atoms with Crippen LogP contribution in [0.3, 0.4) is 0 Å². The van der Waals surface area contributed by atoms with E-state index in [1.807, 2.05) is 0 Å². The van der Waals surface area contributed by atoms with Crippen molar-refractivity contribution in [3.05, 3.63) is 82.9 Å². The molecule has 4 rings (SSSR count). The Morgan fingerprint density at radius 2 is 0.625 bits per heavy atom. The van der Waals surface area contributed by atoms with Crippen molar-refractivity contribution < 1.29 is 52.7 Å². The van der Waals surface area contributed by atoms with Crippen molar-refractivity contribution in [1.82, 2.24) is 0 Å². The number of anilines is 2. The minimum atomic E-state index is -5.25. The van der Waals surface area contributed by atoms with E-state index >= 15 is 0 Å². The summed E-state index contributed by atoms with van der Waals surface area (Å²) in [4.78, 5) is 0. The molecule has 212 valence electrons. The molecule has 0 atom stereocenters. The lowest BCUT2D eigenvalue weighted by atomic mass is 9.89. The monoisotopic (exact) mass is 582 g/mol. The zero-order valence-electron chi connectivity index (χ0n) is 19.5. The van der Waals surface area contributed by atoms with Gasteiger partial charge in [0.2, 0.25) is 0 Å². The normalized spacial score (nSPS) is 13.2. The smallest absolute Gasteiger partial charge is 0.399 e. The molecule has 0 heterocycles. The van der Waals surface area contributed by atoms with Gasteiger partial charge in [0.05, 0.1) is 22.3 Å². The van der Waals surface area contributed by atoms with Gasteiger partial charge in [-0.2, -0.15) is 52.7 Å². The van der Waals surface area contributed by atoms with Crippen molar-refractivity contribution in [2.75, 3.05) is 11.5 Å². The van der Waals surface area contributed by atoms with Crippen LogP contribution in [0.2, 0.25) is 0 Å². The van der Waals surface area contributed by atoms with Gasteiger partial charge in [0.25, 0.3) is 0 Å². The third kappa shape index (κ3) is 5.47. The lowest BCUT2D eigenvalue weighted by molar-refractivity contribution is -0.143. The van der Waals surface area contributed by atoms with Crippen LogP contribution in [0, 0.1) is 0 Å². The number of nitrogens with two attached hydrogens (primary N) is 2. The van der Waals surface area contributed by atoms with Gasteiger partial charge in [-0.15, -0.1) is 0 Å². The van der Waals surface area contributed by atoms with Crippen molar-refractivity contribution in [2.45, 2.75) is 24.7 Å². The Morgan fingerprint density at radius 3 is 0.850 bits per heavy atom. The number of fused-ring (bicyclic) bond motifs is 1. The summed E-state index contributed by atoms with van der Waals surface area (Å²) in [5, 5.41) is -0.117. The molecular formula is C26H14F12N2. The Hall–Kier alpha value is -4.10. The maximum Gasteiger partial charge on any atom is 0.417 e. The number of halogens is 12. The molecule has 0 aliphatic carbocycles. The number of benzene rings is 4. The van der Waals surface area contributed by atoms with E-state index in [1.54, 1.807) is 0 Å². The van der Waals surface area contributed by atoms with Crippen LogP contribution in [-0.4, -0.2) is 0 Å². The highest BCUT2D eigenvalue weighted by Gasteiger charge is 2.43. The molecule has 0 fully saturated rings. The van der Waals surface area contributed by atoms with Crippen molar-refractivity contribution in [1.29, 1.82) is 0 Å². The summed E-state index contributed by atoms with van der Waals surface area (Å²) in [7, 11) is 0. The fourth-order valence-electron chi connectivity index (χ4n) is 4.40. The molecule has 40 heavy (non-hydrogen) atoms. The molecule has 0 unspecified atom stereocenters. The largest absolute Gasteiger partial charge is 0.417 e. The van der Waals surface area contributed by atoms with E-state index in [2.05, 4.69) is 0 Å². The molecule has 0 bridgehead atoms. The topological polar surface area (TPSA) is 52.0 Å². The molecule has 0 amide bonds. The first-order valence-electron chi connectivity index (χ1n) is 10.9. The zero-order valence-corrected chi connectivity index (χ0v) is 19.5. The van der Waals surface area contributed by atoms with Crippen LogP contribution >= 0.6 is 0 Å². The second-order valence-corrected chi connectivity index (χ2v) is 8.75. The van der Waals surface area contributed by atoms with Gasteiger partial charge in [-0.1, -0.05) is 24.3 Å². The van der Waals surface area contributed by atoms with E-state index < -0.39 is 80.6 Å². The molecular weight excluding hydrogens is 568 g/mol. The summed E-state index contributed by atoms with van der Waals surface area (Å²) in [6.07, 6.45) is -21.0. The number of nitrogen functional groups attached to an aromatic ring is 2. The highest BCUT2D eigenvalue weighted by Crippen LogP contribution is 2.48. The van der Waals surface area contributed by atoms with Crippen molar-refractivity contribution in [3.63, 3.8) is 0 Å². The molecule has 0 spiro atoms. The first-order valence-corrected chi connectivity index (χ1v) is 10.9. The Bertz CT molecular complexity index is 1420. The van der Waals surface area contributed by atoms with Crippen molar-refractivity contribution in [3.8, 4) is 22.3 Å². The van der Waals surface area contributed by atoms with Crippen LogP contribution in [0.15, 0.2) is 60.7 Å². The summed E-state index contributed by atoms with van der Waals surface area (Å²) in [6.45, 7) is 0. The highest BCUT2D eigenvalue weighted by molar-refractivity contribution is 5.93. The summed E-state index contributed by atoms with van der Waals surface area (Å²) in [5.74, 6) is 0. The number of alkyl halides is 12. The molecule has 0 saturated heterocycles. The average Bonchev–Trinajstić information content (AvgIpc) is 2.80. The lowest BCUT2D eigenvalue weighted by Gasteiger charge is -2.21. The maximum absolute atomic E-state index is 13.7. The van der Waals surface area contributed by atoms with Gasteiger partial charge >= 0.3 is 24.7 Å². The van der Waals surface area contributed by atoms with Crippen molar-refractivity contribution in [2.24, 2.45) is 0 Å². The Kier molecular flexibility index (Phi) is 6.67. The first kappa shape index (κ1) is 28.9. The van der Waals surface area contributed by atoms with E-state index in [0.29, 0.717) is 24.3 Å². The minimum absolute atomic E-state index is 0.0584. The first-order chi connectivity index (χ1) is 18.2. The molecule has 0 radical (unpaired) electrons. The third-order valence-electron chi connectivity index (χ3n) is 5.96. The quantitative estimate of drug-likeness (QED) is 0.183. The average molecular weight is 582 g/mol. The molecule has 2 nitrogen and oxygen atoms in total. The SMILES string of the molecule is Nc1cc(C(F)(F)F)c(-c2ccc3cc(-c4c(C(F)(F)F)cc(N)cc4C(F)(F)F)ccc3c2)c(C(F)(F)F)c1.